The highest BCUT2D eigenvalue weighted by Crippen LogP contribution is 2.36. The van der Waals surface area contributed by atoms with Gasteiger partial charge in [0.15, 0.2) is 11.5 Å². The number of hydrazone groups is 1. The van der Waals surface area contributed by atoms with Gasteiger partial charge < -0.3 is 9.47 Å². The van der Waals surface area contributed by atoms with Crippen LogP contribution in [0.2, 0.25) is 0 Å². The van der Waals surface area contributed by atoms with Crippen LogP contribution < -0.4 is 14.9 Å². The van der Waals surface area contributed by atoms with E-state index < -0.39 is 11.7 Å². The molecule has 3 rings (SSSR count). The number of methoxy groups -OCH3 is 1. The first kappa shape index (κ1) is 22.0. The molecule has 0 fully saturated rings. The highest BCUT2D eigenvalue weighted by atomic mass is 79.9. The lowest BCUT2D eigenvalue weighted by molar-refractivity contribution is 0.0951. The van der Waals surface area contributed by atoms with Crippen LogP contribution in [-0.4, -0.2) is 19.2 Å². The van der Waals surface area contributed by atoms with Gasteiger partial charge in [-0.2, -0.15) is 10.4 Å². The summed E-state index contributed by atoms with van der Waals surface area (Å²) in [4.78, 5) is 12.1. The molecule has 8 heteroatoms. The predicted octanol–water partition coefficient (Wildman–Crippen LogP) is 4.81. The van der Waals surface area contributed by atoms with Crippen LogP contribution in [-0.2, 0) is 6.61 Å². The van der Waals surface area contributed by atoms with Crippen LogP contribution >= 0.6 is 15.9 Å². The summed E-state index contributed by atoms with van der Waals surface area (Å²) in [5.74, 6) is -0.508. The number of amides is 1. The van der Waals surface area contributed by atoms with Crippen LogP contribution in [0.5, 0.6) is 11.5 Å². The zero-order chi connectivity index (χ0) is 22.2. The summed E-state index contributed by atoms with van der Waals surface area (Å²) in [6, 6.07) is 18.6. The van der Waals surface area contributed by atoms with Crippen LogP contribution in [0.1, 0.15) is 27.0 Å². The third kappa shape index (κ3) is 5.68. The first-order chi connectivity index (χ1) is 15.0. The molecule has 0 saturated heterocycles. The molecule has 0 spiro atoms. The molecule has 0 atom stereocenters. The number of nitrogens with one attached hydrogen (secondary N) is 1. The molecule has 0 bridgehead atoms. The molecule has 0 radical (unpaired) electrons. The second-order valence-electron chi connectivity index (χ2n) is 6.31. The van der Waals surface area contributed by atoms with Gasteiger partial charge in [-0.25, -0.2) is 9.82 Å². The molecule has 0 unspecified atom stereocenters. The summed E-state index contributed by atoms with van der Waals surface area (Å²) in [5, 5.41) is 12.6. The van der Waals surface area contributed by atoms with Gasteiger partial charge in [-0.15, -0.1) is 0 Å². The third-order valence-corrected chi connectivity index (χ3v) is 4.79. The minimum absolute atomic E-state index is 0.129. The third-order valence-electron chi connectivity index (χ3n) is 4.20. The molecular formula is C23H17BrFN3O3. The molecule has 156 valence electrons. The second-order valence-corrected chi connectivity index (χ2v) is 7.17. The van der Waals surface area contributed by atoms with E-state index in [1.165, 1.54) is 25.5 Å². The Morgan fingerprint density at radius 1 is 1.23 bits per heavy atom. The summed E-state index contributed by atoms with van der Waals surface area (Å²) in [7, 11) is 1.52. The topological polar surface area (TPSA) is 83.7 Å². The minimum atomic E-state index is -0.795. The van der Waals surface area contributed by atoms with Crippen LogP contribution in [0.25, 0.3) is 0 Å². The number of nitriles is 1. The molecule has 3 aromatic rings. The van der Waals surface area contributed by atoms with Gasteiger partial charge in [0, 0.05) is 0 Å². The largest absolute Gasteiger partial charge is 0.493 e. The number of hydrogen-bond acceptors (Lipinski definition) is 5. The SMILES string of the molecule is COc1cc(/C=N\NC(=O)c2ccc(C#N)cc2F)cc(Br)c1OCc1ccccc1. The molecular weight excluding hydrogens is 465 g/mol. The fourth-order valence-electron chi connectivity index (χ4n) is 2.68. The summed E-state index contributed by atoms with van der Waals surface area (Å²) in [6.07, 6.45) is 1.40. The Hall–Kier alpha value is -3.70. The average Bonchev–Trinajstić information content (AvgIpc) is 2.78. The summed E-state index contributed by atoms with van der Waals surface area (Å²) < 4.78 is 25.9. The quantitative estimate of drug-likeness (QED) is 0.387. The zero-order valence-electron chi connectivity index (χ0n) is 16.4. The Morgan fingerprint density at radius 3 is 2.68 bits per heavy atom. The molecule has 0 heterocycles. The highest BCUT2D eigenvalue weighted by Gasteiger charge is 2.13. The van der Waals surface area contributed by atoms with E-state index in [0.29, 0.717) is 28.1 Å². The monoisotopic (exact) mass is 481 g/mol. The maximum absolute atomic E-state index is 13.9. The number of halogens is 2. The second kappa shape index (κ2) is 10.4. The fourth-order valence-corrected chi connectivity index (χ4v) is 3.25. The van der Waals surface area contributed by atoms with Crippen molar-refractivity contribution in [1.29, 1.82) is 5.26 Å². The molecule has 6 nitrogen and oxygen atoms in total. The highest BCUT2D eigenvalue weighted by molar-refractivity contribution is 9.10. The first-order valence-electron chi connectivity index (χ1n) is 9.09. The van der Waals surface area contributed by atoms with E-state index in [9.17, 15) is 9.18 Å². The van der Waals surface area contributed by atoms with Crippen LogP contribution in [0.15, 0.2) is 70.2 Å². The molecule has 1 N–H and O–H groups in total. The standard InChI is InChI=1S/C23H17BrFN3O3/c1-30-21-11-17(9-19(24)22(21)31-14-15-5-3-2-4-6-15)13-27-28-23(29)18-8-7-16(12-26)10-20(18)25/h2-11,13H,14H2,1H3,(H,28,29)/b27-13-. The van der Waals surface area contributed by atoms with Crippen molar-refractivity contribution in [1.82, 2.24) is 5.43 Å². The van der Waals surface area contributed by atoms with Gasteiger partial charge in [-0.3, -0.25) is 4.79 Å². The number of nitrogens with zero attached hydrogens (tertiary/aromatic N) is 2. The molecule has 3 aromatic carbocycles. The minimum Gasteiger partial charge on any atom is -0.493 e. The average molecular weight is 482 g/mol. The number of ether oxygens (including phenoxy) is 2. The Kier molecular flexibility index (Phi) is 7.35. The van der Waals surface area contributed by atoms with Crippen molar-refractivity contribution >= 4 is 28.1 Å². The van der Waals surface area contributed by atoms with Gasteiger partial charge in [0.1, 0.15) is 12.4 Å². The van der Waals surface area contributed by atoms with Gasteiger partial charge in [-0.05, 0) is 57.4 Å². The summed E-state index contributed by atoms with van der Waals surface area (Å²) in [6.45, 7) is 0.370. The maximum Gasteiger partial charge on any atom is 0.274 e. The Balaban J connectivity index is 1.70. The normalized spacial score (nSPS) is 10.5. The number of hydrogen-bond donors (Lipinski definition) is 1. The molecule has 31 heavy (non-hydrogen) atoms. The summed E-state index contributed by atoms with van der Waals surface area (Å²) in [5.41, 5.74) is 3.82. The lowest BCUT2D eigenvalue weighted by Crippen LogP contribution is -2.19. The van der Waals surface area contributed by atoms with E-state index in [4.69, 9.17) is 14.7 Å². The predicted molar refractivity (Wildman–Crippen MR) is 118 cm³/mol. The number of benzene rings is 3. The van der Waals surface area contributed by atoms with Crippen molar-refractivity contribution in [3.8, 4) is 17.6 Å². The number of carbonyl (C=O) groups is 1. The van der Waals surface area contributed by atoms with Crippen LogP contribution in [0.3, 0.4) is 0 Å². The van der Waals surface area contributed by atoms with Crippen molar-refractivity contribution in [3.05, 3.63) is 93.2 Å². The van der Waals surface area contributed by atoms with Gasteiger partial charge in [0.2, 0.25) is 0 Å². The van der Waals surface area contributed by atoms with Crippen molar-refractivity contribution in [3.63, 3.8) is 0 Å². The first-order valence-corrected chi connectivity index (χ1v) is 9.88. The molecule has 0 saturated carbocycles. The lowest BCUT2D eigenvalue weighted by Gasteiger charge is -2.13. The van der Waals surface area contributed by atoms with Crippen molar-refractivity contribution in [2.45, 2.75) is 6.61 Å². The Bertz CT molecular complexity index is 1160. The van der Waals surface area contributed by atoms with Crippen LogP contribution in [0, 0.1) is 17.1 Å². The number of rotatable bonds is 7. The van der Waals surface area contributed by atoms with Gasteiger partial charge in [0.25, 0.3) is 5.91 Å². The van der Waals surface area contributed by atoms with Crippen LogP contribution in [0.4, 0.5) is 4.39 Å². The van der Waals surface area contributed by atoms with E-state index in [0.717, 1.165) is 11.6 Å². The smallest absolute Gasteiger partial charge is 0.274 e. The van der Waals surface area contributed by atoms with Gasteiger partial charge >= 0.3 is 0 Å². The van der Waals surface area contributed by atoms with Crippen molar-refractivity contribution in [2.24, 2.45) is 5.10 Å². The van der Waals surface area contributed by atoms with E-state index in [-0.39, 0.29) is 11.1 Å². The van der Waals surface area contributed by atoms with E-state index in [2.05, 4.69) is 26.5 Å². The lowest BCUT2D eigenvalue weighted by atomic mass is 10.1. The van der Waals surface area contributed by atoms with Gasteiger partial charge in [-0.1, -0.05) is 30.3 Å². The summed E-state index contributed by atoms with van der Waals surface area (Å²) >= 11 is 3.46. The Morgan fingerprint density at radius 2 is 2.00 bits per heavy atom. The Labute approximate surface area is 187 Å². The molecule has 0 aliphatic rings. The zero-order valence-corrected chi connectivity index (χ0v) is 18.0. The van der Waals surface area contributed by atoms with Gasteiger partial charge in [0.05, 0.1) is 35.0 Å². The molecule has 1 amide bonds. The maximum atomic E-state index is 13.9. The molecule has 0 aliphatic carbocycles. The van der Waals surface area contributed by atoms with E-state index in [1.54, 1.807) is 12.1 Å². The molecule has 0 aliphatic heterocycles. The molecule has 0 aromatic heterocycles. The van der Waals surface area contributed by atoms with E-state index >= 15 is 0 Å². The fraction of sp³-hybridized carbons (Fsp3) is 0.0870. The van der Waals surface area contributed by atoms with E-state index in [1.807, 2.05) is 36.4 Å². The number of carbonyl (C=O) groups excluding carboxylic acids is 1. The van der Waals surface area contributed by atoms with Crippen molar-refractivity contribution in [2.75, 3.05) is 7.11 Å². The van der Waals surface area contributed by atoms with Crippen molar-refractivity contribution < 1.29 is 18.7 Å².